The summed E-state index contributed by atoms with van der Waals surface area (Å²) < 4.78 is 5.57. The quantitative estimate of drug-likeness (QED) is 0.676. The number of ether oxygens (including phenoxy) is 1. The Morgan fingerprint density at radius 2 is 2.10 bits per heavy atom. The fraction of sp³-hybridized carbons (Fsp3) is 0.562. The van der Waals surface area contributed by atoms with Crippen molar-refractivity contribution in [2.75, 3.05) is 38.7 Å². The summed E-state index contributed by atoms with van der Waals surface area (Å²) in [7, 11) is 1.93. The summed E-state index contributed by atoms with van der Waals surface area (Å²) in [6, 6.07) is 7.59. The number of benzene rings is 1. The first kappa shape index (κ1) is 15.9. The van der Waals surface area contributed by atoms with E-state index >= 15 is 0 Å². The molecule has 0 saturated heterocycles. The molecule has 1 aliphatic carbocycles. The number of nitrogens with zero attached hydrogens (tertiary/aromatic N) is 1. The Hall–Kier alpha value is -1.43. The van der Waals surface area contributed by atoms with Crippen molar-refractivity contribution in [1.29, 1.82) is 0 Å². The standard InChI is InChI=1S/C16H25N3O2/c1-19(8-9-21-12-14-2-3-14)11-16(20)18-15-6-4-13(10-17)5-7-15/h4-7,14H,2-3,8-12,17H2,1H3,(H,18,20). The predicted octanol–water partition coefficient (Wildman–Crippen LogP) is 1.44. The molecule has 5 heteroatoms. The maximum Gasteiger partial charge on any atom is 0.238 e. The largest absolute Gasteiger partial charge is 0.380 e. The smallest absolute Gasteiger partial charge is 0.238 e. The number of likely N-dealkylation sites (N-methyl/N-ethyl adjacent to an activating group) is 1. The molecular weight excluding hydrogens is 266 g/mol. The number of hydrogen-bond donors (Lipinski definition) is 2. The summed E-state index contributed by atoms with van der Waals surface area (Å²) in [4.78, 5) is 13.9. The van der Waals surface area contributed by atoms with Gasteiger partial charge in [-0.15, -0.1) is 0 Å². The van der Waals surface area contributed by atoms with Gasteiger partial charge in [0.2, 0.25) is 5.91 Å². The maximum absolute atomic E-state index is 11.9. The van der Waals surface area contributed by atoms with Gasteiger partial charge in [0.25, 0.3) is 0 Å². The molecule has 1 amide bonds. The molecule has 0 unspecified atom stereocenters. The Kier molecular flexibility index (Phi) is 6.17. The van der Waals surface area contributed by atoms with E-state index in [1.807, 2.05) is 36.2 Å². The van der Waals surface area contributed by atoms with E-state index in [1.165, 1.54) is 12.8 Å². The van der Waals surface area contributed by atoms with Gasteiger partial charge in [0.15, 0.2) is 0 Å². The zero-order chi connectivity index (χ0) is 15.1. The second-order valence-electron chi connectivity index (χ2n) is 5.71. The van der Waals surface area contributed by atoms with E-state index < -0.39 is 0 Å². The van der Waals surface area contributed by atoms with Gasteiger partial charge in [0.05, 0.1) is 13.2 Å². The van der Waals surface area contributed by atoms with Crippen molar-refractivity contribution in [3.63, 3.8) is 0 Å². The van der Waals surface area contributed by atoms with Crippen molar-refractivity contribution in [3.8, 4) is 0 Å². The third-order valence-corrected chi connectivity index (χ3v) is 3.55. The molecule has 3 N–H and O–H groups in total. The fourth-order valence-corrected chi connectivity index (χ4v) is 2.00. The number of hydrogen-bond acceptors (Lipinski definition) is 4. The lowest BCUT2D eigenvalue weighted by Gasteiger charge is -2.16. The Labute approximate surface area is 126 Å². The van der Waals surface area contributed by atoms with Gasteiger partial charge >= 0.3 is 0 Å². The topological polar surface area (TPSA) is 67.6 Å². The summed E-state index contributed by atoms with van der Waals surface area (Å²) in [5.74, 6) is 0.773. The number of nitrogens with two attached hydrogens (primary N) is 1. The number of nitrogens with one attached hydrogen (secondary N) is 1. The average molecular weight is 291 g/mol. The Morgan fingerprint density at radius 3 is 2.71 bits per heavy atom. The van der Waals surface area contributed by atoms with Crippen LogP contribution < -0.4 is 11.1 Å². The van der Waals surface area contributed by atoms with Crippen LogP contribution in [-0.2, 0) is 16.1 Å². The predicted molar refractivity (Wildman–Crippen MR) is 84.0 cm³/mol. The molecule has 0 bridgehead atoms. The second-order valence-corrected chi connectivity index (χ2v) is 5.71. The van der Waals surface area contributed by atoms with Crippen LogP contribution in [0, 0.1) is 5.92 Å². The number of carbonyl (C=O) groups excluding carboxylic acids is 1. The highest BCUT2D eigenvalue weighted by Crippen LogP contribution is 2.28. The van der Waals surface area contributed by atoms with Gasteiger partial charge in [-0.25, -0.2) is 0 Å². The van der Waals surface area contributed by atoms with Gasteiger partial charge in [-0.2, -0.15) is 0 Å². The van der Waals surface area contributed by atoms with Crippen LogP contribution in [0.5, 0.6) is 0 Å². The zero-order valence-corrected chi connectivity index (χ0v) is 12.7. The minimum Gasteiger partial charge on any atom is -0.380 e. The van der Waals surface area contributed by atoms with Crippen LogP contribution in [0.15, 0.2) is 24.3 Å². The molecule has 0 radical (unpaired) electrons. The molecule has 1 aromatic rings. The minimum absolute atomic E-state index is 0.0137. The SMILES string of the molecule is CN(CCOCC1CC1)CC(=O)Nc1ccc(CN)cc1. The van der Waals surface area contributed by atoms with E-state index in [4.69, 9.17) is 10.5 Å². The lowest BCUT2D eigenvalue weighted by molar-refractivity contribution is -0.117. The van der Waals surface area contributed by atoms with Crippen molar-refractivity contribution in [2.24, 2.45) is 11.7 Å². The second kappa shape index (κ2) is 8.12. The van der Waals surface area contributed by atoms with Crippen molar-refractivity contribution < 1.29 is 9.53 Å². The molecular formula is C16H25N3O2. The molecule has 2 rings (SSSR count). The summed E-state index contributed by atoms with van der Waals surface area (Å²) in [6.45, 7) is 3.20. The van der Waals surface area contributed by atoms with Crippen LogP contribution in [0.2, 0.25) is 0 Å². The lowest BCUT2D eigenvalue weighted by atomic mass is 10.2. The van der Waals surface area contributed by atoms with Crippen LogP contribution in [-0.4, -0.2) is 44.2 Å². The van der Waals surface area contributed by atoms with E-state index in [1.54, 1.807) is 0 Å². The number of rotatable bonds is 9. The summed E-state index contributed by atoms with van der Waals surface area (Å²) in [6.07, 6.45) is 2.61. The number of anilines is 1. The van der Waals surface area contributed by atoms with Gasteiger partial charge in [-0.3, -0.25) is 9.69 Å². The molecule has 1 aromatic carbocycles. The average Bonchev–Trinajstić information content (AvgIpc) is 3.28. The van der Waals surface area contributed by atoms with Crippen LogP contribution in [0.3, 0.4) is 0 Å². The summed E-state index contributed by atoms with van der Waals surface area (Å²) in [5.41, 5.74) is 7.40. The lowest BCUT2D eigenvalue weighted by Crippen LogP contribution is -2.32. The molecule has 5 nitrogen and oxygen atoms in total. The Bertz CT molecular complexity index is 443. The van der Waals surface area contributed by atoms with Gasteiger partial charge in [-0.1, -0.05) is 12.1 Å². The number of carbonyl (C=O) groups is 1. The van der Waals surface area contributed by atoms with E-state index in [9.17, 15) is 4.79 Å². The van der Waals surface area contributed by atoms with Gasteiger partial charge < -0.3 is 15.8 Å². The monoisotopic (exact) mass is 291 g/mol. The third kappa shape index (κ3) is 6.25. The fourth-order valence-electron chi connectivity index (χ4n) is 2.00. The molecule has 0 aliphatic heterocycles. The van der Waals surface area contributed by atoms with E-state index in [0.29, 0.717) is 19.7 Å². The molecule has 1 aliphatic rings. The van der Waals surface area contributed by atoms with E-state index in [2.05, 4.69) is 5.32 Å². The normalized spacial score (nSPS) is 14.4. The molecule has 116 valence electrons. The zero-order valence-electron chi connectivity index (χ0n) is 12.7. The van der Waals surface area contributed by atoms with Crippen LogP contribution >= 0.6 is 0 Å². The van der Waals surface area contributed by atoms with Gasteiger partial charge in [0, 0.05) is 25.4 Å². The minimum atomic E-state index is -0.0137. The van der Waals surface area contributed by atoms with Crippen molar-refractivity contribution >= 4 is 11.6 Å². The first-order valence-electron chi connectivity index (χ1n) is 7.52. The van der Waals surface area contributed by atoms with Crippen molar-refractivity contribution in [1.82, 2.24) is 4.90 Å². The molecule has 0 aromatic heterocycles. The van der Waals surface area contributed by atoms with Crippen LogP contribution in [0.4, 0.5) is 5.69 Å². The first-order valence-corrected chi connectivity index (χ1v) is 7.52. The first-order chi connectivity index (χ1) is 10.2. The van der Waals surface area contributed by atoms with Crippen molar-refractivity contribution in [3.05, 3.63) is 29.8 Å². The number of amides is 1. The summed E-state index contributed by atoms with van der Waals surface area (Å²) in [5, 5.41) is 2.88. The van der Waals surface area contributed by atoms with Gasteiger partial charge in [-0.05, 0) is 43.5 Å². The molecule has 0 spiro atoms. The van der Waals surface area contributed by atoms with Crippen LogP contribution in [0.1, 0.15) is 18.4 Å². The highest BCUT2D eigenvalue weighted by molar-refractivity contribution is 5.92. The molecule has 1 fully saturated rings. The Balaban J connectivity index is 1.62. The maximum atomic E-state index is 11.9. The third-order valence-electron chi connectivity index (χ3n) is 3.55. The highest BCUT2D eigenvalue weighted by Gasteiger charge is 2.21. The molecule has 0 atom stereocenters. The van der Waals surface area contributed by atoms with Crippen molar-refractivity contribution in [2.45, 2.75) is 19.4 Å². The van der Waals surface area contributed by atoms with Gasteiger partial charge in [0.1, 0.15) is 0 Å². The molecule has 0 heterocycles. The highest BCUT2D eigenvalue weighted by atomic mass is 16.5. The molecule has 21 heavy (non-hydrogen) atoms. The van der Waals surface area contributed by atoms with Crippen LogP contribution in [0.25, 0.3) is 0 Å². The summed E-state index contributed by atoms with van der Waals surface area (Å²) >= 11 is 0. The Morgan fingerprint density at radius 1 is 1.38 bits per heavy atom. The van der Waals surface area contributed by atoms with E-state index in [0.717, 1.165) is 30.3 Å². The van der Waals surface area contributed by atoms with E-state index in [-0.39, 0.29) is 5.91 Å². The molecule has 1 saturated carbocycles.